The van der Waals surface area contributed by atoms with E-state index in [-0.39, 0.29) is 36.0 Å². The average molecular weight is 434 g/mol. The summed E-state index contributed by atoms with van der Waals surface area (Å²) in [5.74, 6) is -0.356. The molecule has 2 fully saturated rings. The van der Waals surface area contributed by atoms with E-state index < -0.39 is 0 Å². The maximum atomic E-state index is 13.1. The second-order valence-electron chi connectivity index (χ2n) is 8.79. The van der Waals surface area contributed by atoms with Crippen LogP contribution >= 0.6 is 0 Å². The van der Waals surface area contributed by atoms with Gasteiger partial charge in [0, 0.05) is 43.3 Å². The molecule has 0 aliphatic carbocycles. The molecule has 32 heavy (non-hydrogen) atoms. The second kappa shape index (κ2) is 9.55. The van der Waals surface area contributed by atoms with Gasteiger partial charge in [0.05, 0.1) is 5.92 Å². The van der Waals surface area contributed by atoms with Crippen molar-refractivity contribution in [3.63, 3.8) is 0 Å². The summed E-state index contributed by atoms with van der Waals surface area (Å²) < 4.78 is 0. The lowest BCUT2D eigenvalue weighted by Crippen LogP contribution is -2.44. The van der Waals surface area contributed by atoms with E-state index in [2.05, 4.69) is 12.2 Å². The molecule has 2 aromatic carbocycles. The number of hydrogen-bond acceptors (Lipinski definition) is 3. The summed E-state index contributed by atoms with van der Waals surface area (Å²) in [4.78, 5) is 42.0. The zero-order chi connectivity index (χ0) is 22.7. The Labute approximate surface area is 189 Å². The molecule has 1 unspecified atom stereocenters. The zero-order valence-corrected chi connectivity index (χ0v) is 18.8. The van der Waals surface area contributed by atoms with Gasteiger partial charge in [-0.05, 0) is 49.4 Å². The number of carbonyl (C=O) groups is 3. The Morgan fingerprint density at radius 3 is 2.41 bits per heavy atom. The topological polar surface area (TPSA) is 69.7 Å². The summed E-state index contributed by atoms with van der Waals surface area (Å²) in [5.41, 5.74) is 3.97. The van der Waals surface area contributed by atoms with Gasteiger partial charge in [-0.3, -0.25) is 14.4 Å². The fraction of sp³-hybridized carbons (Fsp3) is 0.423. The number of carbonyl (C=O) groups excluding carboxylic acids is 3. The second-order valence-corrected chi connectivity index (χ2v) is 8.79. The number of piperidine rings is 1. The SMILES string of the molecule is CCc1cccc(C)c1NC(=O)C1CCN(C(=O)C2CC(=O)N(c3ccccc3)C2)CC1. The molecular weight excluding hydrogens is 402 g/mol. The van der Waals surface area contributed by atoms with Gasteiger partial charge in [0.1, 0.15) is 0 Å². The lowest BCUT2D eigenvalue weighted by atomic mass is 9.94. The van der Waals surface area contributed by atoms with Crippen LogP contribution in [0.1, 0.15) is 37.3 Å². The first-order chi connectivity index (χ1) is 15.5. The fourth-order valence-electron chi connectivity index (χ4n) is 4.78. The summed E-state index contributed by atoms with van der Waals surface area (Å²) >= 11 is 0. The first-order valence-electron chi connectivity index (χ1n) is 11.5. The van der Waals surface area contributed by atoms with Crippen LogP contribution in [-0.2, 0) is 20.8 Å². The maximum absolute atomic E-state index is 13.1. The van der Waals surface area contributed by atoms with Crippen LogP contribution in [0.4, 0.5) is 11.4 Å². The first-order valence-corrected chi connectivity index (χ1v) is 11.5. The Morgan fingerprint density at radius 2 is 1.72 bits per heavy atom. The fourth-order valence-corrected chi connectivity index (χ4v) is 4.78. The molecule has 2 saturated heterocycles. The van der Waals surface area contributed by atoms with Gasteiger partial charge in [-0.1, -0.05) is 43.3 Å². The van der Waals surface area contributed by atoms with Gasteiger partial charge in [-0.2, -0.15) is 0 Å². The number of likely N-dealkylation sites (tertiary alicyclic amines) is 1. The Kier molecular flexibility index (Phi) is 6.58. The molecule has 2 aliphatic heterocycles. The lowest BCUT2D eigenvalue weighted by Gasteiger charge is -2.33. The molecule has 2 aliphatic rings. The van der Waals surface area contributed by atoms with Gasteiger partial charge in [-0.15, -0.1) is 0 Å². The summed E-state index contributed by atoms with van der Waals surface area (Å²) in [6.45, 7) is 5.64. The number of aryl methyl sites for hydroxylation is 2. The third-order valence-electron chi connectivity index (χ3n) is 6.71. The predicted molar refractivity (Wildman–Crippen MR) is 125 cm³/mol. The molecule has 3 amide bonds. The summed E-state index contributed by atoms with van der Waals surface area (Å²) in [6, 6.07) is 15.6. The molecule has 1 N–H and O–H groups in total. The highest BCUT2D eigenvalue weighted by molar-refractivity contribution is 6.00. The number of anilines is 2. The van der Waals surface area contributed by atoms with Crippen molar-refractivity contribution in [2.45, 2.75) is 39.5 Å². The van der Waals surface area contributed by atoms with E-state index in [9.17, 15) is 14.4 Å². The zero-order valence-electron chi connectivity index (χ0n) is 18.8. The van der Waals surface area contributed by atoms with Gasteiger partial charge in [0.25, 0.3) is 0 Å². The van der Waals surface area contributed by atoms with Crippen LogP contribution in [0.2, 0.25) is 0 Å². The quantitative estimate of drug-likeness (QED) is 0.780. The van der Waals surface area contributed by atoms with Crippen LogP contribution in [0.5, 0.6) is 0 Å². The predicted octanol–water partition coefficient (Wildman–Crippen LogP) is 3.79. The number of amides is 3. The molecule has 168 valence electrons. The number of hydrogen-bond donors (Lipinski definition) is 1. The maximum Gasteiger partial charge on any atom is 0.228 e. The van der Waals surface area contributed by atoms with E-state index in [4.69, 9.17) is 0 Å². The molecule has 6 heteroatoms. The number of nitrogens with zero attached hydrogens (tertiary/aromatic N) is 2. The van der Waals surface area contributed by atoms with Crippen molar-refractivity contribution < 1.29 is 14.4 Å². The molecule has 0 bridgehead atoms. The normalized spacial score (nSPS) is 19.3. The van der Waals surface area contributed by atoms with Crippen molar-refractivity contribution in [1.29, 1.82) is 0 Å². The Bertz CT molecular complexity index is 997. The monoisotopic (exact) mass is 433 g/mol. The minimum atomic E-state index is -0.313. The molecule has 1 atom stereocenters. The molecular formula is C26H31N3O3. The Hall–Kier alpha value is -3.15. The van der Waals surface area contributed by atoms with E-state index in [1.807, 2.05) is 60.4 Å². The van der Waals surface area contributed by atoms with Crippen molar-refractivity contribution in [3.8, 4) is 0 Å². The van der Waals surface area contributed by atoms with Crippen LogP contribution in [0.15, 0.2) is 48.5 Å². The molecule has 0 spiro atoms. The largest absolute Gasteiger partial charge is 0.342 e. The van der Waals surface area contributed by atoms with E-state index in [1.165, 1.54) is 0 Å². The number of rotatable bonds is 5. The minimum absolute atomic E-state index is 0.00577. The third-order valence-corrected chi connectivity index (χ3v) is 6.71. The van der Waals surface area contributed by atoms with Gasteiger partial charge < -0.3 is 15.1 Å². The van der Waals surface area contributed by atoms with Gasteiger partial charge in [-0.25, -0.2) is 0 Å². The number of benzene rings is 2. The van der Waals surface area contributed by atoms with Crippen LogP contribution in [-0.4, -0.2) is 42.3 Å². The van der Waals surface area contributed by atoms with Crippen molar-refractivity contribution >= 4 is 29.1 Å². The van der Waals surface area contributed by atoms with Crippen LogP contribution in [0.3, 0.4) is 0 Å². The smallest absolute Gasteiger partial charge is 0.228 e. The highest BCUT2D eigenvalue weighted by Crippen LogP contribution is 2.29. The van der Waals surface area contributed by atoms with Gasteiger partial charge in [0.15, 0.2) is 0 Å². The van der Waals surface area contributed by atoms with Crippen LogP contribution in [0.25, 0.3) is 0 Å². The summed E-state index contributed by atoms with van der Waals surface area (Å²) in [6.07, 6.45) is 2.41. The summed E-state index contributed by atoms with van der Waals surface area (Å²) in [7, 11) is 0. The highest BCUT2D eigenvalue weighted by Gasteiger charge is 2.38. The minimum Gasteiger partial charge on any atom is -0.342 e. The molecule has 6 nitrogen and oxygen atoms in total. The van der Waals surface area contributed by atoms with Crippen molar-refractivity contribution in [1.82, 2.24) is 4.90 Å². The molecule has 2 heterocycles. The standard InChI is InChI=1S/C26H31N3O3/c1-3-19-9-7-8-18(2)24(19)27-25(31)20-12-14-28(15-13-20)26(32)21-16-23(30)29(17-21)22-10-5-4-6-11-22/h4-11,20-21H,3,12-17H2,1-2H3,(H,27,31). The Balaban J connectivity index is 1.32. The Morgan fingerprint density at radius 1 is 1.00 bits per heavy atom. The van der Waals surface area contributed by atoms with E-state index in [0.717, 1.165) is 28.9 Å². The van der Waals surface area contributed by atoms with E-state index in [1.54, 1.807) is 4.90 Å². The molecule has 0 radical (unpaired) electrons. The third kappa shape index (κ3) is 4.54. The van der Waals surface area contributed by atoms with Crippen LogP contribution < -0.4 is 10.2 Å². The molecule has 0 aromatic heterocycles. The highest BCUT2D eigenvalue weighted by atomic mass is 16.2. The van der Waals surface area contributed by atoms with E-state index in [0.29, 0.717) is 32.5 Å². The van der Waals surface area contributed by atoms with Crippen molar-refractivity contribution in [2.75, 3.05) is 29.9 Å². The average Bonchev–Trinajstić information content (AvgIpc) is 3.22. The molecule has 2 aromatic rings. The van der Waals surface area contributed by atoms with Gasteiger partial charge >= 0.3 is 0 Å². The van der Waals surface area contributed by atoms with Crippen LogP contribution in [0, 0.1) is 18.8 Å². The summed E-state index contributed by atoms with van der Waals surface area (Å²) in [5, 5.41) is 3.13. The molecule has 0 saturated carbocycles. The van der Waals surface area contributed by atoms with Crippen molar-refractivity contribution in [3.05, 3.63) is 59.7 Å². The lowest BCUT2D eigenvalue weighted by molar-refractivity contribution is -0.138. The van der Waals surface area contributed by atoms with E-state index >= 15 is 0 Å². The number of para-hydroxylation sites is 2. The van der Waals surface area contributed by atoms with Crippen molar-refractivity contribution in [2.24, 2.45) is 11.8 Å². The molecule has 4 rings (SSSR count). The first kappa shape index (κ1) is 22.1. The number of nitrogens with one attached hydrogen (secondary N) is 1. The van der Waals surface area contributed by atoms with Gasteiger partial charge in [0.2, 0.25) is 17.7 Å².